The quantitative estimate of drug-likeness (QED) is 0.878. The van der Waals surface area contributed by atoms with Crippen LogP contribution in [0.2, 0.25) is 0 Å². The summed E-state index contributed by atoms with van der Waals surface area (Å²) in [5.74, 6) is 1.85. The summed E-state index contributed by atoms with van der Waals surface area (Å²) in [6.45, 7) is 9.93. The molecule has 4 rings (SSSR count). The van der Waals surface area contributed by atoms with Gasteiger partial charge < -0.3 is 19.8 Å². The summed E-state index contributed by atoms with van der Waals surface area (Å²) in [5.41, 5.74) is 0. The molecule has 4 heterocycles. The molecule has 1 N–H and O–H groups in total. The van der Waals surface area contributed by atoms with Crippen molar-refractivity contribution in [1.82, 2.24) is 19.8 Å². The Morgan fingerprint density at radius 2 is 2.00 bits per heavy atom. The van der Waals surface area contributed by atoms with Crippen molar-refractivity contribution in [3.63, 3.8) is 0 Å². The van der Waals surface area contributed by atoms with Gasteiger partial charge in [-0.25, -0.2) is 9.97 Å². The average molecular weight is 376 g/mol. The van der Waals surface area contributed by atoms with Crippen LogP contribution < -0.4 is 4.90 Å². The minimum atomic E-state index is 0.256. The van der Waals surface area contributed by atoms with E-state index in [1.807, 2.05) is 0 Å². The van der Waals surface area contributed by atoms with Gasteiger partial charge in [0.2, 0.25) is 0 Å². The third kappa shape index (κ3) is 3.71. The molecule has 6 nitrogen and oxygen atoms in total. The van der Waals surface area contributed by atoms with Gasteiger partial charge in [0.1, 0.15) is 17.0 Å². The van der Waals surface area contributed by atoms with E-state index in [1.54, 1.807) is 17.7 Å². The van der Waals surface area contributed by atoms with Crippen molar-refractivity contribution in [2.45, 2.75) is 13.3 Å². The molecule has 7 heteroatoms. The standard InChI is InChI=1S/C19H29N5OS/c1-14-8-17-18(20-13-21-19(17)26-14)24-10-15(16(11-24)12-25)9-23-5-3-4-22(2)6-7-23/h8,13,15-16,25H,3-7,9-12H2,1-2H3/t15-,16-/m1/s1. The first kappa shape index (κ1) is 18.1. The number of aryl methyl sites for hydroxylation is 1. The second-order valence-electron chi connectivity index (χ2n) is 7.84. The summed E-state index contributed by atoms with van der Waals surface area (Å²) < 4.78 is 0. The number of hydrogen-bond donors (Lipinski definition) is 1. The zero-order valence-corrected chi connectivity index (χ0v) is 16.6. The number of anilines is 1. The normalized spacial score (nSPS) is 25.9. The molecule has 2 saturated heterocycles. The monoisotopic (exact) mass is 375 g/mol. The highest BCUT2D eigenvalue weighted by atomic mass is 32.1. The first-order chi connectivity index (χ1) is 12.6. The van der Waals surface area contributed by atoms with Gasteiger partial charge in [-0.05, 0) is 45.5 Å². The zero-order chi connectivity index (χ0) is 18.1. The fourth-order valence-corrected chi connectivity index (χ4v) is 5.20. The SMILES string of the molecule is Cc1cc2c(N3C[C@@H](CN4CCCN(C)CC4)[C@@H](CO)C3)ncnc2s1. The Labute approximate surface area is 159 Å². The largest absolute Gasteiger partial charge is 0.396 e. The highest BCUT2D eigenvalue weighted by Crippen LogP contribution is 2.34. The van der Waals surface area contributed by atoms with Crippen LogP contribution in [0, 0.1) is 18.8 Å². The molecule has 0 bridgehead atoms. The molecule has 0 unspecified atom stereocenters. The molecule has 0 saturated carbocycles. The topological polar surface area (TPSA) is 55.7 Å². The Morgan fingerprint density at radius 1 is 1.15 bits per heavy atom. The van der Waals surface area contributed by atoms with Crippen molar-refractivity contribution in [3.8, 4) is 0 Å². The van der Waals surface area contributed by atoms with Crippen molar-refractivity contribution >= 4 is 27.4 Å². The zero-order valence-electron chi connectivity index (χ0n) is 15.8. The molecule has 0 aliphatic carbocycles. The van der Waals surface area contributed by atoms with E-state index in [2.05, 4.69) is 44.7 Å². The molecule has 2 atom stereocenters. The Balaban J connectivity index is 1.49. The van der Waals surface area contributed by atoms with Crippen LogP contribution in [0.3, 0.4) is 0 Å². The number of rotatable bonds is 4. The second kappa shape index (κ2) is 7.76. The van der Waals surface area contributed by atoms with E-state index in [4.69, 9.17) is 0 Å². The molecule has 0 amide bonds. The Hall–Kier alpha value is -1.28. The molecule has 142 valence electrons. The Bertz CT molecular complexity index is 751. The van der Waals surface area contributed by atoms with Crippen molar-refractivity contribution < 1.29 is 5.11 Å². The van der Waals surface area contributed by atoms with Crippen LogP contribution in [-0.4, -0.2) is 84.3 Å². The van der Waals surface area contributed by atoms with Crippen molar-refractivity contribution in [2.24, 2.45) is 11.8 Å². The van der Waals surface area contributed by atoms with Crippen LogP contribution in [-0.2, 0) is 0 Å². The van der Waals surface area contributed by atoms with Crippen LogP contribution in [0.4, 0.5) is 5.82 Å². The van der Waals surface area contributed by atoms with Crippen LogP contribution >= 0.6 is 11.3 Å². The molecule has 0 spiro atoms. The lowest BCUT2D eigenvalue weighted by Gasteiger charge is -2.26. The van der Waals surface area contributed by atoms with E-state index in [9.17, 15) is 5.11 Å². The highest BCUT2D eigenvalue weighted by molar-refractivity contribution is 7.18. The van der Waals surface area contributed by atoms with E-state index >= 15 is 0 Å². The molecule has 2 aliphatic heterocycles. The second-order valence-corrected chi connectivity index (χ2v) is 9.07. The van der Waals surface area contributed by atoms with Gasteiger partial charge in [-0.3, -0.25) is 0 Å². The summed E-state index contributed by atoms with van der Waals surface area (Å²) in [7, 11) is 2.21. The molecule has 2 fully saturated rings. The number of likely N-dealkylation sites (N-methyl/N-ethyl adjacent to an activating group) is 1. The lowest BCUT2D eigenvalue weighted by molar-refractivity contribution is 0.165. The number of hydrogen-bond acceptors (Lipinski definition) is 7. The maximum atomic E-state index is 9.96. The first-order valence-corrected chi connectivity index (χ1v) is 10.4. The lowest BCUT2D eigenvalue weighted by Crippen LogP contribution is -2.36. The maximum absolute atomic E-state index is 9.96. The van der Waals surface area contributed by atoms with Gasteiger partial charge in [0.05, 0.1) is 5.39 Å². The molecule has 2 aliphatic rings. The van der Waals surface area contributed by atoms with E-state index in [0.717, 1.165) is 48.8 Å². The van der Waals surface area contributed by atoms with E-state index < -0.39 is 0 Å². The predicted octanol–water partition coefficient (Wildman–Crippen LogP) is 1.68. The number of fused-ring (bicyclic) bond motifs is 1. The van der Waals surface area contributed by atoms with Crippen LogP contribution in [0.15, 0.2) is 12.4 Å². The number of aromatic nitrogens is 2. The maximum Gasteiger partial charge on any atom is 0.140 e. The highest BCUT2D eigenvalue weighted by Gasteiger charge is 2.35. The van der Waals surface area contributed by atoms with Gasteiger partial charge in [0, 0.05) is 50.1 Å². The van der Waals surface area contributed by atoms with Gasteiger partial charge >= 0.3 is 0 Å². The third-order valence-corrected chi connectivity index (χ3v) is 6.81. The van der Waals surface area contributed by atoms with E-state index in [1.165, 1.54) is 24.4 Å². The van der Waals surface area contributed by atoms with Gasteiger partial charge in [0.15, 0.2) is 0 Å². The van der Waals surface area contributed by atoms with Crippen molar-refractivity contribution in [3.05, 3.63) is 17.3 Å². The van der Waals surface area contributed by atoms with Gasteiger partial charge in [-0.15, -0.1) is 11.3 Å². The Kier molecular flexibility index (Phi) is 5.40. The van der Waals surface area contributed by atoms with Gasteiger partial charge in [-0.1, -0.05) is 0 Å². The Morgan fingerprint density at radius 3 is 2.85 bits per heavy atom. The third-order valence-electron chi connectivity index (χ3n) is 5.85. The molecule has 2 aromatic heterocycles. The smallest absolute Gasteiger partial charge is 0.140 e. The number of aliphatic hydroxyl groups is 1. The summed E-state index contributed by atoms with van der Waals surface area (Å²) in [5, 5.41) is 11.1. The predicted molar refractivity (Wildman–Crippen MR) is 107 cm³/mol. The summed E-state index contributed by atoms with van der Waals surface area (Å²) >= 11 is 1.72. The number of aliphatic hydroxyl groups excluding tert-OH is 1. The summed E-state index contributed by atoms with van der Waals surface area (Å²) in [4.78, 5) is 18.7. The molecular weight excluding hydrogens is 346 g/mol. The van der Waals surface area contributed by atoms with Crippen LogP contribution in [0.1, 0.15) is 11.3 Å². The molecule has 26 heavy (non-hydrogen) atoms. The molecular formula is C19H29N5OS. The number of thiophene rings is 1. The van der Waals surface area contributed by atoms with Crippen LogP contribution in [0.5, 0.6) is 0 Å². The fourth-order valence-electron chi connectivity index (χ4n) is 4.36. The van der Waals surface area contributed by atoms with E-state index in [0.29, 0.717) is 11.8 Å². The minimum absolute atomic E-state index is 0.256. The fraction of sp³-hybridized carbons (Fsp3) is 0.684. The van der Waals surface area contributed by atoms with Crippen molar-refractivity contribution in [1.29, 1.82) is 0 Å². The van der Waals surface area contributed by atoms with Gasteiger partial charge in [-0.2, -0.15) is 0 Å². The molecule has 0 radical (unpaired) electrons. The van der Waals surface area contributed by atoms with E-state index in [-0.39, 0.29) is 6.61 Å². The van der Waals surface area contributed by atoms with Gasteiger partial charge in [0.25, 0.3) is 0 Å². The molecule has 2 aromatic rings. The first-order valence-electron chi connectivity index (χ1n) is 9.62. The lowest BCUT2D eigenvalue weighted by atomic mass is 9.96. The average Bonchev–Trinajstić information content (AvgIpc) is 3.14. The van der Waals surface area contributed by atoms with Crippen molar-refractivity contribution in [2.75, 3.05) is 64.4 Å². The number of nitrogens with zero attached hydrogens (tertiary/aromatic N) is 5. The summed E-state index contributed by atoms with van der Waals surface area (Å²) in [6, 6.07) is 2.20. The summed E-state index contributed by atoms with van der Waals surface area (Å²) in [6.07, 6.45) is 2.91. The molecule has 0 aromatic carbocycles. The minimum Gasteiger partial charge on any atom is -0.396 e. The van der Waals surface area contributed by atoms with Crippen LogP contribution in [0.25, 0.3) is 10.2 Å².